The van der Waals surface area contributed by atoms with Gasteiger partial charge >= 0.3 is 0 Å². The molecule has 0 bridgehead atoms. The fourth-order valence-corrected chi connectivity index (χ4v) is 10.6. The number of anilines is 4. The van der Waals surface area contributed by atoms with Gasteiger partial charge in [0.15, 0.2) is 11.6 Å². The fourth-order valence-electron chi connectivity index (χ4n) is 9.49. The normalized spacial score (nSPS) is 19.8. The molecule has 0 spiro atoms. The van der Waals surface area contributed by atoms with E-state index in [-0.39, 0.29) is 18.6 Å². The standard InChI is InChI=1S/2C24H26FN7O3S/c1-15-18-13-27-23(20-5-3-4-8-26-20)28-19(18)7-10-32(15)22-12-17(11-21(25)29-22)31-9-6-16(14-31)24(33)30-36(2,34)35;1-15-18-13-27-23(20-5-3-4-8-26-20)28-19(18)7-10-32(15)22-12-17(25)11-21(29-22)31-9-6-16(14-31)24(33)30-36(2,34)35/h2*3-5,8,11-13,15-16H,6-7,9-10,14H2,1-2H3,(H,30,33). The lowest BCUT2D eigenvalue weighted by atomic mass is 9.99. The summed E-state index contributed by atoms with van der Waals surface area (Å²) >= 11 is 0. The van der Waals surface area contributed by atoms with Crippen LogP contribution in [0.15, 0.2) is 85.5 Å². The zero-order chi connectivity index (χ0) is 50.9. The van der Waals surface area contributed by atoms with Crippen molar-refractivity contribution in [2.45, 2.75) is 51.6 Å². The summed E-state index contributed by atoms with van der Waals surface area (Å²) in [5, 5.41) is 0. The van der Waals surface area contributed by atoms with E-state index in [1.807, 2.05) is 85.4 Å². The van der Waals surface area contributed by atoms with E-state index >= 15 is 0 Å². The number of nitrogens with zero attached hydrogens (tertiary/aromatic N) is 12. The summed E-state index contributed by atoms with van der Waals surface area (Å²) in [6, 6.07) is 16.8. The number of hydrogen-bond donors (Lipinski definition) is 2. The molecule has 6 aromatic heterocycles. The maximum atomic E-state index is 14.7. The van der Waals surface area contributed by atoms with Crippen LogP contribution in [-0.2, 0) is 42.5 Å². The number of rotatable bonds is 10. The van der Waals surface area contributed by atoms with E-state index in [0.717, 1.165) is 35.0 Å². The van der Waals surface area contributed by atoms with Gasteiger partial charge in [0, 0.05) is 118 Å². The van der Waals surface area contributed by atoms with Crippen molar-refractivity contribution in [3.63, 3.8) is 0 Å². The van der Waals surface area contributed by atoms with Crippen LogP contribution in [0.2, 0.25) is 0 Å². The van der Waals surface area contributed by atoms with Crippen molar-refractivity contribution < 1.29 is 35.2 Å². The molecule has 4 aliphatic heterocycles. The number of carbonyl (C=O) groups is 2. The highest BCUT2D eigenvalue weighted by Crippen LogP contribution is 2.37. The van der Waals surface area contributed by atoms with Crippen LogP contribution in [-0.4, -0.2) is 120 Å². The highest BCUT2D eigenvalue weighted by Gasteiger charge is 2.34. The Morgan fingerprint density at radius 2 is 1.08 bits per heavy atom. The predicted octanol–water partition coefficient (Wildman–Crippen LogP) is 4.20. The largest absolute Gasteiger partial charge is 0.370 e. The molecule has 0 aliphatic carbocycles. The molecule has 2 amide bonds. The van der Waals surface area contributed by atoms with Crippen molar-refractivity contribution in [2.75, 3.05) is 71.4 Å². The molecule has 10 rings (SSSR count). The molecule has 24 heteroatoms. The van der Waals surface area contributed by atoms with E-state index in [4.69, 9.17) is 15.0 Å². The van der Waals surface area contributed by atoms with E-state index in [2.05, 4.69) is 24.9 Å². The van der Waals surface area contributed by atoms with Gasteiger partial charge in [-0.25, -0.2) is 51.1 Å². The Hall–Kier alpha value is -7.34. The minimum atomic E-state index is -3.63. The molecule has 10 heterocycles. The Balaban J connectivity index is 0.000000178. The van der Waals surface area contributed by atoms with Gasteiger partial charge in [0.1, 0.15) is 34.7 Å². The number of carbonyl (C=O) groups excluding carboxylic acids is 2. The summed E-state index contributed by atoms with van der Waals surface area (Å²) in [7, 11) is -7.26. The molecule has 4 atom stereocenters. The minimum absolute atomic E-state index is 0.124. The molecule has 6 aromatic rings. The van der Waals surface area contributed by atoms with Gasteiger partial charge in [0.05, 0.1) is 47.8 Å². The van der Waals surface area contributed by atoms with Crippen molar-refractivity contribution in [3.8, 4) is 23.0 Å². The minimum Gasteiger partial charge on any atom is -0.370 e. The Morgan fingerprint density at radius 1 is 0.597 bits per heavy atom. The zero-order valence-corrected chi connectivity index (χ0v) is 41.5. The van der Waals surface area contributed by atoms with Crippen LogP contribution in [0.4, 0.5) is 31.9 Å². The van der Waals surface area contributed by atoms with Gasteiger partial charge in [-0.05, 0) is 51.0 Å². The van der Waals surface area contributed by atoms with Crippen LogP contribution in [0.5, 0.6) is 0 Å². The van der Waals surface area contributed by atoms with Crippen molar-refractivity contribution in [1.29, 1.82) is 0 Å². The van der Waals surface area contributed by atoms with Crippen LogP contribution in [0.25, 0.3) is 23.0 Å². The van der Waals surface area contributed by atoms with Crippen LogP contribution in [0, 0.1) is 23.6 Å². The Morgan fingerprint density at radius 3 is 1.58 bits per heavy atom. The summed E-state index contributed by atoms with van der Waals surface area (Å²) in [4.78, 5) is 68.2. The molecule has 0 aromatic carbocycles. The lowest BCUT2D eigenvalue weighted by molar-refractivity contribution is -0.123. The molecular formula is C48H52F2N14O6S2. The molecule has 20 nitrogen and oxygen atoms in total. The maximum Gasteiger partial charge on any atom is 0.238 e. The quantitative estimate of drug-likeness (QED) is 0.183. The molecule has 2 saturated heterocycles. The van der Waals surface area contributed by atoms with Crippen LogP contribution in [0.3, 0.4) is 0 Å². The Kier molecular flexibility index (Phi) is 14.1. The first-order valence-electron chi connectivity index (χ1n) is 23.3. The summed E-state index contributed by atoms with van der Waals surface area (Å²) < 4.78 is 79.0. The van der Waals surface area contributed by atoms with Gasteiger partial charge in [-0.3, -0.25) is 29.0 Å². The first-order chi connectivity index (χ1) is 34.4. The fraction of sp³-hybridized carbons (Fsp3) is 0.375. The lowest BCUT2D eigenvalue weighted by Gasteiger charge is -2.36. The number of amides is 2. The number of sulfonamides is 2. The van der Waals surface area contributed by atoms with Gasteiger partial charge in [0.25, 0.3) is 0 Å². The van der Waals surface area contributed by atoms with Gasteiger partial charge in [0.2, 0.25) is 37.8 Å². The van der Waals surface area contributed by atoms with Gasteiger partial charge < -0.3 is 19.6 Å². The number of halogens is 2. The number of aromatic nitrogens is 8. The molecule has 72 heavy (non-hydrogen) atoms. The summed E-state index contributed by atoms with van der Waals surface area (Å²) in [6.07, 6.45) is 11.1. The number of hydrogen-bond acceptors (Lipinski definition) is 18. The average Bonchev–Trinajstić information content (AvgIpc) is 4.06. The van der Waals surface area contributed by atoms with E-state index in [1.54, 1.807) is 24.8 Å². The third kappa shape index (κ3) is 11.4. The lowest BCUT2D eigenvalue weighted by Crippen LogP contribution is -2.37. The first-order valence-corrected chi connectivity index (χ1v) is 27.1. The highest BCUT2D eigenvalue weighted by molar-refractivity contribution is 7.89. The van der Waals surface area contributed by atoms with E-state index in [9.17, 15) is 35.2 Å². The molecule has 0 radical (unpaired) electrons. The summed E-state index contributed by atoms with van der Waals surface area (Å²) in [6.45, 7) is 6.76. The SMILES string of the molecule is CC1c2cnc(-c3ccccn3)nc2CCN1c1cc(F)cc(N2CCC(C(=O)NS(C)(=O)=O)C2)n1.CC1c2cnc(-c3ccccn3)nc2CCN1c1cc(N2CCC(C(=O)NS(C)(=O)=O)C2)cc(F)n1. The monoisotopic (exact) mass is 1020 g/mol. The number of pyridine rings is 4. The Bertz CT molecular complexity index is 3020. The number of fused-ring (bicyclic) bond motifs is 2. The molecular weight excluding hydrogens is 971 g/mol. The second kappa shape index (κ2) is 20.4. The smallest absolute Gasteiger partial charge is 0.238 e. The molecule has 4 aliphatic rings. The van der Waals surface area contributed by atoms with Crippen LogP contribution < -0.4 is 29.0 Å². The van der Waals surface area contributed by atoms with Gasteiger partial charge in [-0.15, -0.1) is 0 Å². The van der Waals surface area contributed by atoms with Crippen molar-refractivity contribution in [3.05, 3.63) is 120 Å². The van der Waals surface area contributed by atoms with Crippen LogP contribution >= 0.6 is 0 Å². The second-order valence-corrected chi connectivity index (χ2v) is 21.7. The molecule has 376 valence electrons. The Labute approximate surface area is 415 Å². The summed E-state index contributed by atoms with van der Waals surface area (Å²) in [5.41, 5.74) is 5.80. The third-order valence-corrected chi connectivity index (χ3v) is 14.2. The van der Waals surface area contributed by atoms with E-state index < -0.39 is 55.5 Å². The molecule has 4 unspecified atom stereocenters. The highest BCUT2D eigenvalue weighted by atomic mass is 32.2. The van der Waals surface area contributed by atoms with Gasteiger partial charge in [-0.1, -0.05) is 12.1 Å². The predicted molar refractivity (Wildman–Crippen MR) is 264 cm³/mol. The maximum absolute atomic E-state index is 14.7. The van der Waals surface area contributed by atoms with Crippen LogP contribution in [0.1, 0.15) is 61.3 Å². The molecule has 2 fully saturated rings. The average molecular weight is 1020 g/mol. The summed E-state index contributed by atoms with van der Waals surface area (Å²) in [5.74, 6) is -0.616. The number of nitrogens with one attached hydrogen (secondary N) is 2. The second-order valence-electron chi connectivity index (χ2n) is 18.2. The van der Waals surface area contributed by atoms with E-state index in [1.165, 1.54) is 18.2 Å². The van der Waals surface area contributed by atoms with E-state index in [0.29, 0.717) is 105 Å². The zero-order valence-electron chi connectivity index (χ0n) is 39.9. The molecule has 2 N–H and O–H groups in total. The topological polar surface area (TPSA) is 243 Å². The van der Waals surface area contributed by atoms with Crippen molar-refractivity contribution in [2.24, 2.45) is 11.8 Å². The third-order valence-electron chi connectivity index (χ3n) is 13.1. The van der Waals surface area contributed by atoms with Crippen molar-refractivity contribution >= 4 is 55.0 Å². The first kappa shape index (κ1) is 49.6. The van der Waals surface area contributed by atoms with Crippen molar-refractivity contribution in [1.82, 2.24) is 49.3 Å². The molecule has 0 saturated carbocycles. The van der Waals surface area contributed by atoms with Gasteiger partial charge in [-0.2, -0.15) is 4.39 Å².